The van der Waals surface area contributed by atoms with Gasteiger partial charge in [-0.1, -0.05) is 45.9 Å². The highest BCUT2D eigenvalue weighted by Crippen LogP contribution is 2.34. The van der Waals surface area contributed by atoms with Gasteiger partial charge in [-0.05, 0) is 41.4 Å². The summed E-state index contributed by atoms with van der Waals surface area (Å²) in [5.74, 6) is -0.819. The smallest absolute Gasteiger partial charge is 0.303 e. The molecule has 0 saturated heterocycles. The van der Waals surface area contributed by atoms with E-state index in [0.717, 1.165) is 24.0 Å². The highest BCUT2D eigenvalue weighted by Gasteiger charge is 2.26. The van der Waals surface area contributed by atoms with Crippen molar-refractivity contribution in [3.05, 3.63) is 34.9 Å². The van der Waals surface area contributed by atoms with Crippen LogP contribution in [0.3, 0.4) is 0 Å². The van der Waals surface area contributed by atoms with Crippen molar-refractivity contribution < 1.29 is 15.0 Å². The van der Waals surface area contributed by atoms with Crippen molar-refractivity contribution in [3.8, 4) is 0 Å². The molecule has 3 nitrogen and oxygen atoms in total. The Hall–Kier alpha value is -1.35. The quantitative estimate of drug-likeness (QED) is 0.799. The van der Waals surface area contributed by atoms with Gasteiger partial charge in [0.15, 0.2) is 0 Å². The summed E-state index contributed by atoms with van der Waals surface area (Å²) < 4.78 is 0. The Balaban J connectivity index is 2.95. The largest absolute Gasteiger partial charge is 0.481 e. The van der Waals surface area contributed by atoms with Gasteiger partial charge in [0.1, 0.15) is 0 Å². The van der Waals surface area contributed by atoms with Gasteiger partial charge in [-0.2, -0.15) is 0 Å². The predicted octanol–water partition coefficient (Wildman–Crippen LogP) is 3.74. The van der Waals surface area contributed by atoms with E-state index in [1.54, 1.807) is 0 Å². The van der Waals surface area contributed by atoms with Crippen molar-refractivity contribution in [1.82, 2.24) is 0 Å². The molecule has 0 bridgehead atoms. The van der Waals surface area contributed by atoms with Crippen LogP contribution in [0.2, 0.25) is 0 Å². The van der Waals surface area contributed by atoms with Crippen LogP contribution in [0.25, 0.3) is 0 Å². The van der Waals surface area contributed by atoms with Gasteiger partial charge in [-0.3, -0.25) is 4.79 Å². The molecule has 0 aromatic heterocycles. The number of aliphatic hydroxyl groups excluding tert-OH is 1. The molecule has 0 spiro atoms. The predicted molar refractivity (Wildman–Crippen MR) is 80.8 cm³/mol. The number of carboxylic acid groups (broad SMARTS) is 1. The molecule has 0 aliphatic heterocycles. The first-order valence-corrected chi connectivity index (χ1v) is 7.30. The van der Waals surface area contributed by atoms with Crippen LogP contribution in [0.15, 0.2) is 18.2 Å². The maximum absolute atomic E-state index is 10.9. The standard InChI is InChI=1S/C17H26O3/c1-5-12-7-8-13(6-2)14(9-12)15(18)10-17(3,4)11-16(19)20/h7-9,15,18H,5-6,10-11H2,1-4H3,(H,19,20). The van der Waals surface area contributed by atoms with Crippen LogP contribution in [0.5, 0.6) is 0 Å². The number of benzene rings is 1. The van der Waals surface area contributed by atoms with E-state index >= 15 is 0 Å². The molecule has 3 heteroatoms. The highest BCUT2D eigenvalue weighted by atomic mass is 16.4. The molecule has 0 aliphatic rings. The van der Waals surface area contributed by atoms with Gasteiger partial charge >= 0.3 is 5.97 Å². The van der Waals surface area contributed by atoms with Gasteiger partial charge in [0.05, 0.1) is 12.5 Å². The summed E-state index contributed by atoms with van der Waals surface area (Å²) >= 11 is 0. The van der Waals surface area contributed by atoms with Crippen LogP contribution in [-0.4, -0.2) is 16.2 Å². The van der Waals surface area contributed by atoms with Crippen LogP contribution >= 0.6 is 0 Å². The van der Waals surface area contributed by atoms with E-state index in [1.165, 1.54) is 5.56 Å². The second kappa shape index (κ2) is 6.89. The van der Waals surface area contributed by atoms with E-state index in [4.69, 9.17) is 5.11 Å². The summed E-state index contributed by atoms with van der Waals surface area (Å²) in [5, 5.41) is 19.4. The molecule has 0 aliphatic carbocycles. The van der Waals surface area contributed by atoms with Crippen molar-refractivity contribution in [3.63, 3.8) is 0 Å². The van der Waals surface area contributed by atoms with E-state index in [0.29, 0.717) is 6.42 Å². The lowest BCUT2D eigenvalue weighted by Crippen LogP contribution is -2.20. The molecule has 112 valence electrons. The van der Waals surface area contributed by atoms with Gasteiger partial charge in [-0.25, -0.2) is 0 Å². The van der Waals surface area contributed by atoms with Crippen molar-refractivity contribution in [2.24, 2.45) is 5.41 Å². The van der Waals surface area contributed by atoms with Gasteiger partial charge in [0.25, 0.3) is 0 Å². The Morgan fingerprint density at radius 2 is 1.90 bits per heavy atom. The lowest BCUT2D eigenvalue weighted by molar-refractivity contribution is -0.139. The van der Waals surface area contributed by atoms with Crippen LogP contribution in [-0.2, 0) is 17.6 Å². The van der Waals surface area contributed by atoms with Crippen LogP contribution in [0, 0.1) is 5.41 Å². The third-order valence-electron chi connectivity index (χ3n) is 3.73. The molecule has 1 unspecified atom stereocenters. The normalized spacial score (nSPS) is 13.2. The molecule has 0 heterocycles. The Morgan fingerprint density at radius 3 is 2.40 bits per heavy atom. The SMILES string of the molecule is CCc1ccc(CC)c(C(O)CC(C)(C)CC(=O)O)c1. The van der Waals surface area contributed by atoms with E-state index in [2.05, 4.69) is 32.0 Å². The molecule has 20 heavy (non-hydrogen) atoms. The molecule has 0 radical (unpaired) electrons. The number of carbonyl (C=O) groups is 1. The summed E-state index contributed by atoms with van der Waals surface area (Å²) in [6.07, 6.45) is 1.72. The first kappa shape index (κ1) is 16.7. The second-order valence-electron chi connectivity index (χ2n) is 6.19. The molecule has 1 rings (SSSR count). The number of aliphatic hydroxyl groups is 1. The van der Waals surface area contributed by atoms with Crippen molar-refractivity contribution in [2.75, 3.05) is 0 Å². The average molecular weight is 278 g/mol. The van der Waals surface area contributed by atoms with Crippen molar-refractivity contribution >= 4 is 5.97 Å². The lowest BCUT2D eigenvalue weighted by Gasteiger charge is -2.27. The number of rotatable bonds is 7. The van der Waals surface area contributed by atoms with Gasteiger partial charge < -0.3 is 10.2 Å². The minimum absolute atomic E-state index is 0.0684. The first-order valence-electron chi connectivity index (χ1n) is 7.30. The Morgan fingerprint density at radius 1 is 1.25 bits per heavy atom. The van der Waals surface area contributed by atoms with E-state index in [-0.39, 0.29) is 6.42 Å². The summed E-state index contributed by atoms with van der Waals surface area (Å²) in [4.78, 5) is 10.9. The maximum atomic E-state index is 10.9. The van der Waals surface area contributed by atoms with Crippen LogP contribution in [0.4, 0.5) is 0 Å². The summed E-state index contributed by atoms with van der Waals surface area (Å²) in [7, 11) is 0. The fraction of sp³-hybridized carbons (Fsp3) is 0.588. The van der Waals surface area contributed by atoms with Crippen molar-refractivity contribution in [2.45, 2.75) is 59.5 Å². The minimum Gasteiger partial charge on any atom is -0.481 e. The second-order valence-corrected chi connectivity index (χ2v) is 6.19. The monoisotopic (exact) mass is 278 g/mol. The minimum atomic E-state index is -0.819. The fourth-order valence-corrected chi connectivity index (χ4v) is 2.61. The van der Waals surface area contributed by atoms with Crippen molar-refractivity contribution in [1.29, 1.82) is 0 Å². The van der Waals surface area contributed by atoms with E-state index in [9.17, 15) is 9.90 Å². The molecular formula is C17H26O3. The highest BCUT2D eigenvalue weighted by molar-refractivity contribution is 5.67. The van der Waals surface area contributed by atoms with Gasteiger partial charge in [-0.15, -0.1) is 0 Å². The molecule has 0 fully saturated rings. The number of aryl methyl sites for hydroxylation is 2. The number of carboxylic acids is 1. The molecule has 1 aromatic rings. The zero-order valence-electron chi connectivity index (χ0n) is 12.9. The lowest BCUT2D eigenvalue weighted by atomic mass is 9.80. The topological polar surface area (TPSA) is 57.5 Å². The average Bonchev–Trinajstić information content (AvgIpc) is 2.35. The zero-order valence-corrected chi connectivity index (χ0v) is 12.9. The number of aliphatic carboxylic acids is 1. The molecule has 0 saturated carbocycles. The summed E-state index contributed by atoms with van der Waals surface area (Å²) in [6.45, 7) is 7.93. The third kappa shape index (κ3) is 4.64. The molecule has 1 aromatic carbocycles. The molecule has 2 N–H and O–H groups in total. The molecular weight excluding hydrogens is 252 g/mol. The Labute approximate surface area is 121 Å². The Kier molecular flexibility index (Phi) is 5.75. The zero-order chi connectivity index (χ0) is 15.3. The maximum Gasteiger partial charge on any atom is 0.303 e. The fourth-order valence-electron chi connectivity index (χ4n) is 2.61. The van der Waals surface area contributed by atoms with Crippen LogP contribution < -0.4 is 0 Å². The van der Waals surface area contributed by atoms with Crippen LogP contribution in [0.1, 0.15) is 63.3 Å². The number of hydrogen-bond donors (Lipinski definition) is 2. The molecule has 1 atom stereocenters. The summed E-state index contributed by atoms with van der Waals surface area (Å²) in [5.41, 5.74) is 2.87. The van der Waals surface area contributed by atoms with Gasteiger partial charge in [0.2, 0.25) is 0 Å². The third-order valence-corrected chi connectivity index (χ3v) is 3.73. The first-order chi connectivity index (χ1) is 9.29. The van der Waals surface area contributed by atoms with Gasteiger partial charge in [0, 0.05) is 0 Å². The summed E-state index contributed by atoms with van der Waals surface area (Å²) in [6, 6.07) is 6.22. The van der Waals surface area contributed by atoms with E-state index in [1.807, 2.05) is 13.8 Å². The van der Waals surface area contributed by atoms with E-state index < -0.39 is 17.5 Å². The number of hydrogen-bond acceptors (Lipinski definition) is 2. The molecule has 0 amide bonds. The Bertz CT molecular complexity index is 463.